The molecule has 0 bridgehead atoms. The number of hydrogen-bond acceptors (Lipinski definition) is 7. The fourth-order valence-electron chi connectivity index (χ4n) is 3.95. The fourth-order valence-corrected chi connectivity index (χ4v) is 5.02. The van der Waals surface area contributed by atoms with Crippen LogP contribution in [0.15, 0.2) is 24.5 Å². The Kier molecular flexibility index (Phi) is 5.83. The van der Waals surface area contributed by atoms with E-state index in [0.717, 1.165) is 36.6 Å². The van der Waals surface area contributed by atoms with Crippen LogP contribution >= 0.6 is 11.3 Å². The lowest BCUT2D eigenvalue weighted by molar-refractivity contribution is 0.0605. The molecule has 0 saturated heterocycles. The predicted octanol–water partition coefficient (Wildman–Crippen LogP) is 6.02. The Hall–Kier alpha value is -2.74. The Morgan fingerprint density at radius 2 is 2.00 bits per heavy atom. The van der Waals surface area contributed by atoms with Gasteiger partial charge in [0.1, 0.15) is 33.4 Å². The first-order chi connectivity index (χ1) is 14.8. The van der Waals surface area contributed by atoms with Gasteiger partial charge in [-0.3, -0.25) is 0 Å². The molecule has 8 heteroatoms. The molecule has 164 valence electrons. The molecule has 2 heterocycles. The van der Waals surface area contributed by atoms with Gasteiger partial charge in [0, 0.05) is 6.07 Å². The first-order valence-electron chi connectivity index (χ1n) is 10.3. The maximum Gasteiger partial charge on any atom is 0.348 e. The number of hydrogen-bond donors (Lipinski definition) is 1. The summed E-state index contributed by atoms with van der Waals surface area (Å²) >= 11 is 1.26. The zero-order valence-electron chi connectivity index (χ0n) is 18.1. The number of fused-ring (bicyclic) bond motifs is 1. The van der Waals surface area contributed by atoms with Crippen molar-refractivity contribution in [2.24, 2.45) is 5.41 Å². The molecule has 1 aromatic carbocycles. The van der Waals surface area contributed by atoms with Gasteiger partial charge in [-0.1, -0.05) is 13.8 Å². The van der Waals surface area contributed by atoms with Crippen molar-refractivity contribution in [2.45, 2.75) is 52.6 Å². The lowest BCUT2D eigenvalue weighted by Crippen LogP contribution is -2.28. The summed E-state index contributed by atoms with van der Waals surface area (Å²) in [7, 11) is 1.35. The number of carbonyl (C=O) groups is 1. The van der Waals surface area contributed by atoms with Crippen LogP contribution in [-0.2, 0) is 4.74 Å². The standard InChI is InChI=1S/C23H26FN3O3S/c1-13-18-20(25-12-26-21(18)31-19(13)22(28)29-4)27-16-6-5-14(24)11-17(16)30-15-7-9-23(2,3)10-8-15/h5-6,11-12,15H,7-10H2,1-4H3,(H,25,26,27). The number of esters is 1. The van der Waals surface area contributed by atoms with Crippen LogP contribution in [0, 0.1) is 18.2 Å². The second-order valence-electron chi connectivity index (χ2n) is 8.70. The van der Waals surface area contributed by atoms with Gasteiger partial charge in [0.25, 0.3) is 0 Å². The van der Waals surface area contributed by atoms with Crippen LogP contribution in [0.2, 0.25) is 0 Å². The minimum absolute atomic E-state index is 0.0506. The van der Waals surface area contributed by atoms with Gasteiger partial charge in [-0.15, -0.1) is 11.3 Å². The lowest BCUT2D eigenvalue weighted by Gasteiger charge is -2.34. The number of halogens is 1. The molecule has 1 aliphatic carbocycles. The molecule has 6 nitrogen and oxygen atoms in total. The van der Waals surface area contributed by atoms with Gasteiger partial charge >= 0.3 is 5.97 Å². The van der Waals surface area contributed by atoms with E-state index in [9.17, 15) is 9.18 Å². The molecule has 0 aliphatic heterocycles. The van der Waals surface area contributed by atoms with Gasteiger partial charge < -0.3 is 14.8 Å². The number of thiophene rings is 1. The molecule has 3 aromatic rings. The van der Waals surface area contributed by atoms with Gasteiger partial charge in [-0.2, -0.15) is 0 Å². The highest BCUT2D eigenvalue weighted by atomic mass is 32.1. The Bertz CT molecular complexity index is 1120. The van der Waals surface area contributed by atoms with E-state index in [1.165, 1.54) is 36.9 Å². The monoisotopic (exact) mass is 443 g/mol. The van der Waals surface area contributed by atoms with Crippen molar-refractivity contribution in [3.05, 3.63) is 40.8 Å². The van der Waals surface area contributed by atoms with Crippen LogP contribution in [0.4, 0.5) is 15.9 Å². The van der Waals surface area contributed by atoms with Crippen molar-refractivity contribution in [2.75, 3.05) is 12.4 Å². The van der Waals surface area contributed by atoms with Crippen LogP contribution in [-0.4, -0.2) is 29.2 Å². The number of nitrogens with zero attached hydrogens (tertiary/aromatic N) is 2. The summed E-state index contributed by atoms with van der Waals surface area (Å²) < 4.78 is 25.1. The van der Waals surface area contributed by atoms with Gasteiger partial charge in [0.15, 0.2) is 0 Å². The highest BCUT2D eigenvalue weighted by Gasteiger charge is 2.28. The van der Waals surface area contributed by atoms with Crippen molar-refractivity contribution in [1.82, 2.24) is 9.97 Å². The second kappa shape index (κ2) is 8.42. The predicted molar refractivity (Wildman–Crippen MR) is 120 cm³/mol. The normalized spacial score (nSPS) is 16.3. The highest BCUT2D eigenvalue weighted by molar-refractivity contribution is 7.20. The van der Waals surface area contributed by atoms with E-state index in [0.29, 0.717) is 32.4 Å². The number of anilines is 2. The first-order valence-corrected chi connectivity index (χ1v) is 11.1. The van der Waals surface area contributed by atoms with E-state index in [-0.39, 0.29) is 11.9 Å². The molecule has 0 amide bonds. The molecule has 0 spiro atoms. The van der Waals surface area contributed by atoms with E-state index in [2.05, 4.69) is 29.1 Å². The average Bonchev–Trinajstić information content (AvgIpc) is 3.08. The summed E-state index contributed by atoms with van der Waals surface area (Å²) in [6.45, 7) is 6.38. The average molecular weight is 444 g/mol. The molecule has 31 heavy (non-hydrogen) atoms. The highest BCUT2D eigenvalue weighted by Crippen LogP contribution is 2.40. The fraction of sp³-hybridized carbons (Fsp3) is 0.435. The second-order valence-corrected chi connectivity index (χ2v) is 9.70. The molecule has 0 atom stereocenters. The summed E-state index contributed by atoms with van der Waals surface area (Å²) in [5.74, 6) is 0.231. The topological polar surface area (TPSA) is 73.3 Å². The van der Waals surface area contributed by atoms with Crippen LogP contribution in [0.25, 0.3) is 10.2 Å². The Balaban J connectivity index is 1.65. The van der Waals surface area contributed by atoms with Gasteiger partial charge in [-0.25, -0.2) is 19.2 Å². The number of aromatic nitrogens is 2. The molecule has 0 radical (unpaired) electrons. The molecule has 4 rings (SSSR count). The molecule has 2 aromatic heterocycles. The summed E-state index contributed by atoms with van der Waals surface area (Å²) in [4.78, 5) is 21.9. The first kappa shape index (κ1) is 21.5. The van der Waals surface area contributed by atoms with Crippen LogP contribution < -0.4 is 10.1 Å². The third kappa shape index (κ3) is 4.49. The number of ether oxygens (including phenoxy) is 2. The Morgan fingerprint density at radius 1 is 1.26 bits per heavy atom. The third-order valence-corrected chi connectivity index (χ3v) is 7.05. The molecular weight excluding hydrogens is 417 g/mol. The van der Waals surface area contributed by atoms with Crippen LogP contribution in [0.5, 0.6) is 5.75 Å². The maximum atomic E-state index is 14.0. The number of rotatable bonds is 5. The number of carbonyl (C=O) groups excluding carboxylic acids is 1. The van der Waals surface area contributed by atoms with Crippen LogP contribution in [0.1, 0.15) is 54.8 Å². The van der Waals surface area contributed by atoms with Crippen molar-refractivity contribution in [3.8, 4) is 5.75 Å². The van der Waals surface area contributed by atoms with Crippen molar-refractivity contribution in [3.63, 3.8) is 0 Å². The third-order valence-electron chi connectivity index (χ3n) is 5.87. The zero-order chi connectivity index (χ0) is 22.2. The minimum atomic E-state index is -0.405. The molecule has 1 aliphatic rings. The molecule has 1 N–H and O–H groups in total. The Labute approximate surface area is 184 Å². The SMILES string of the molecule is COC(=O)c1sc2ncnc(Nc3ccc(F)cc3OC3CCC(C)(C)CC3)c2c1C. The van der Waals surface area contributed by atoms with Gasteiger partial charge in [0.2, 0.25) is 0 Å². The number of nitrogens with one attached hydrogen (secondary N) is 1. The molecule has 0 unspecified atom stereocenters. The van der Waals surface area contributed by atoms with E-state index in [1.54, 1.807) is 6.07 Å². The summed E-state index contributed by atoms with van der Waals surface area (Å²) in [6, 6.07) is 4.44. The van der Waals surface area contributed by atoms with Crippen molar-refractivity contribution in [1.29, 1.82) is 0 Å². The number of benzene rings is 1. The van der Waals surface area contributed by atoms with Crippen molar-refractivity contribution >= 4 is 39.0 Å². The molecule has 1 fully saturated rings. The quantitative estimate of drug-likeness (QED) is 0.486. The maximum absolute atomic E-state index is 14.0. The molecular formula is C23H26FN3O3S. The number of aryl methyl sites for hydroxylation is 1. The lowest BCUT2D eigenvalue weighted by atomic mass is 9.76. The van der Waals surface area contributed by atoms with Crippen LogP contribution in [0.3, 0.4) is 0 Å². The van der Waals surface area contributed by atoms with Gasteiger partial charge in [0.05, 0.1) is 24.3 Å². The van der Waals surface area contributed by atoms with E-state index in [1.807, 2.05) is 6.92 Å². The minimum Gasteiger partial charge on any atom is -0.488 e. The smallest absolute Gasteiger partial charge is 0.348 e. The van der Waals surface area contributed by atoms with E-state index in [4.69, 9.17) is 9.47 Å². The van der Waals surface area contributed by atoms with E-state index < -0.39 is 5.97 Å². The van der Waals surface area contributed by atoms with Gasteiger partial charge in [-0.05, 0) is 55.7 Å². The summed E-state index contributed by atoms with van der Waals surface area (Å²) in [5, 5.41) is 4.01. The molecule has 1 saturated carbocycles. The van der Waals surface area contributed by atoms with E-state index >= 15 is 0 Å². The largest absolute Gasteiger partial charge is 0.488 e. The van der Waals surface area contributed by atoms with Crippen molar-refractivity contribution < 1.29 is 18.7 Å². The summed E-state index contributed by atoms with van der Waals surface area (Å²) in [6.07, 6.45) is 5.52. The zero-order valence-corrected chi connectivity index (χ0v) is 18.9. The summed E-state index contributed by atoms with van der Waals surface area (Å²) in [5.41, 5.74) is 1.69. The number of methoxy groups -OCH3 is 1. The Morgan fingerprint density at radius 3 is 2.71 bits per heavy atom.